The van der Waals surface area contributed by atoms with Crippen LogP contribution in [0.25, 0.3) is 0 Å². The molecule has 5 rings (SSSR count). The number of piperidine rings is 1. The van der Waals surface area contributed by atoms with Gasteiger partial charge in [0, 0.05) is 58.8 Å². The summed E-state index contributed by atoms with van der Waals surface area (Å²) < 4.78 is 29.4. The number of nitrogens with zero attached hydrogens (tertiary/aromatic N) is 3. The number of amides is 2. The first kappa shape index (κ1) is 36.9. The van der Waals surface area contributed by atoms with Crippen LogP contribution in [0, 0.1) is 5.92 Å². The Morgan fingerprint density at radius 3 is 2.51 bits per heavy atom. The molecular formula is C38H55N3O8. The number of rotatable bonds is 17. The van der Waals surface area contributed by atoms with Crippen molar-refractivity contribution in [2.45, 2.75) is 77.3 Å². The monoisotopic (exact) mass is 681 g/mol. The molecule has 3 aliphatic heterocycles. The van der Waals surface area contributed by atoms with Gasteiger partial charge in [0.05, 0.1) is 50.8 Å². The molecule has 3 aliphatic rings. The Bertz CT molecular complexity index is 1330. The number of ether oxygens (including phenoxy) is 5. The summed E-state index contributed by atoms with van der Waals surface area (Å²) in [6.45, 7) is 11.2. The lowest BCUT2D eigenvalue weighted by atomic mass is 9.76. The van der Waals surface area contributed by atoms with Crippen LogP contribution < -0.4 is 9.64 Å². The van der Waals surface area contributed by atoms with Gasteiger partial charge in [0.15, 0.2) is 0 Å². The number of hydrogen-bond acceptors (Lipinski definition) is 8. The molecule has 11 heteroatoms. The number of fused-ring (bicyclic) bond motifs is 1. The summed E-state index contributed by atoms with van der Waals surface area (Å²) in [6, 6.07) is 14.5. The summed E-state index contributed by atoms with van der Waals surface area (Å²) in [4.78, 5) is 31.2. The topological polar surface area (TPSA) is 110 Å². The van der Waals surface area contributed by atoms with Crippen molar-refractivity contribution < 1.29 is 38.4 Å². The Morgan fingerprint density at radius 1 is 1.00 bits per heavy atom. The highest BCUT2D eigenvalue weighted by atomic mass is 16.5. The predicted octanol–water partition coefficient (Wildman–Crippen LogP) is 5.54. The Balaban J connectivity index is 1.34. The molecule has 0 aromatic heterocycles. The van der Waals surface area contributed by atoms with Crippen molar-refractivity contribution in [3.8, 4) is 5.75 Å². The quantitative estimate of drug-likeness (QED) is 0.215. The zero-order valence-corrected chi connectivity index (χ0v) is 29.5. The summed E-state index contributed by atoms with van der Waals surface area (Å²) in [7, 11) is 1.72. The van der Waals surface area contributed by atoms with Crippen LogP contribution in [0.1, 0.15) is 68.6 Å². The molecule has 4 atom stereocenters. The standard InChI is InChI=1S/C38H55N3O8/c1-4-47-28(2)25-46-26-29-8-11-31(12-9-29)37-32(13-15-36(42)40-16-5-6-17-40)23-41(38(43)44)24-35(37)49-27-30-10-14-34-33(22-30)39(19-21-48-34)18-7-20-45-3/h8-12,14,22,28,32,35,37H,4-7,13,15-21,23-27H2,1-3H3,(H,43,44)/t28-,32-,35+,37+/m1/s1. The maximum atomic E-state index is 13.1. The lowest BCUT2D eigenvalue weighted by Gasteiger charge is -2.43. The van der Waals surface area contributed by atoms with Gasteiger partial charge in [-0.25, -0.2) is 4.79 Å². The van der Waals surface area contributed by atoms with Crippen molar-refractivity contribution in [1.82, 2.24) is 9.80 Å². The van der Waals surface area contributed by atoms with Crippen molar-refractivity contribution in [3.05, 3.63) is 59.2 Å². The molecule has 2 fully saturated rings. The third-order valence-electron chi connectivity index (χ3n) is 9.88. The van der Waals surface area contributed by atoms with Crippen LogP contribution in [0.3, 0.4) is 0 Å². The Kier molecular flexibility index (Phi) is 14.0. The molecule has 11 nitrogen and oxygen atoms in total. The van der Waals surface area contributed by atoms with Crippen LogP contribution in [-0.2, 0) is 37.0 Å². The molecule has 3 heterocycles. The van der Waals surface area contributed by atoms with E-state index in [-0.39, 0.29) is 30.4 Å². The third-order valence-corrected chi connectivity index (χ3v) is 9.88. The Hall–Kier alpha value is -3.38. The molecule has 270 valence electrons. The van der Waals surface area contributed by atoms with Crippen LogP contribution in [-0.4, -0.2) is 112 Å². The van der Waals surface area contributed by atoms with E-state index in [1.165, 1.54) is 4.90 Å². The molecule has 0 aliphatic carbocycles. The van der Waals surface area contributed by atoms with E-state index in [1.54, 1.807) is 7.11 Å². The van der Waals surface area contributed by atoms with Gasteiger partial charge >= 0.3 is 6.09 Å². The van der Waals surface area contributed by atoms with Gasteiger partial charge in [-0.15, -0.1) is 0 Å². The van der Waals surface area contributed by atoms with E-state index in [2.05, 4.69) is 35.2 Å². The fraction of sp³-hybridized carbons (Fsp3) is 0.632. The number of anilines is 1. The van der Waals surface area contributed by atoms with Crippen LogP contribution in [0.2, 0.25) is 0 Å². The fourth-order valence-corrected chi connectivity index (χ4v) is 7.36. The number of carboxylic acid groups (broad SMARTS) is 1. The maximum absolute atomic E-state index is 13.1. The number of likely N-dealkylation sites (tertiary alicyclic amines) is 2. The van der Waals surface area contributed by atoms with Crippen molar-refractivity contribution in [3.63, 3.8) is 0 Å². The van der Waals surface area contributed by atoms with Gasteiger partial charge < -0.3 is 43.5 Å². The highest BCUT2D eigenvalue weighted by Gasteiger charge is 2.40. The largest absolute Gasteiger partial charge is 0.490 e. The van der Waals surface area contributed by atoms with Gasteiger partial charge in [0.25, 0.3) is 0 Å². The lowest BCUT2D eigenvalue weighted by molar-refractivity contribution is -0.130. The smallest absolute Gasteiger partial charge is 0.407 e. The number of hydrogen-bond donors (Lipinski definition) is 1. The number of carbonyl (C=O) groups is 2. The van der Waals surface area contributed by atoms with Gasteiger partial charge in [-0.05, 0) is 74.3 Å². The summed E-state index contributed by atoms with van der Waals surface area (Å²) in [5, 5.41) is 10.2. The van der Waals surface area contributed by atoms with E-state index in [0.717, 1.165) is 73.6 Å². The summed E-state index contributed by atoms with van der Waals surface area (Å²) >= 11 is 0. The SMILES string of the molecule is CCO[C@H](C)COCc1ccc([C@H]2[C@H](CCC(=O)N3CCCC3)CN(C(=O)O)C[C@@H]2OCc2ccc3c(c2)N(CCCOC)CCO3)cc1. The van der Waals surface area contributed by atoms with E-state index < -0.39 is 12.2 Å². The number of benzene rings is 2. The van der Waals surface area contributed by atoms with Crippen molar-refractivity contribution in [2.75, 3.05) is 77.7 Å². The normalized spacial score (nSPS) is 21.4. The Morgan fingerprint density at radius 2 is 1.78 bits per heavy atom. The van der Waals surface area contributed by atoms with Crippen LogP contribution in [0.15, 0.2) is 42.5 Å². The summed E-state index contributed by atoms with van der Waals surface area (Å²) in [5.74, 6) is 0.852. The number of methoxy groups -OCH3 is 1. The molecule has 0 spiro atoms. The van der Waals surface area contributed by atoms with Gasteiger partial charge in [-0.1, -0.05) is 30.3 Å². The van der Waals surface area contributed by atoms with E-state index in [0.29, 0.717) is 59.0 Å². The minimum absolute atomic E-state index is 0.0343. The van der Waals surface area contributed by atoms with Crippen LogP contribution >= 0.6 is 0 Å². The lowest BCUT2D eigenvalue weighted by Crippen LogP contribution is -2.51. The zero-order chi connectivity index (χ0) is 34.6. The second-order valence-electron chi connectivity index (χ2n) is 13.5. The van der Waals surface area contributed by atoms with Crippen molar-refractivity contribution in [1.29, 1.82) is 0 Å². The molecular weight excluding hydrogens is 626 g/mol. The molecule has 0 bridgehead atoms. The summed E-state index contributed by atoms with van der Waals surface area (Å²) in [6.07, 6.45) is 2.68. The van der Waals surface area contributed by atoms with Gasteiger partial charge in [0.1, 0.15) is 12.4 Å². The molecule has 2 aromatic rings. The average molecular weight is 682 g/mol. The molecule has 0 saturated carbocycles. The highest BCUT2D eigenvalue weighted by Crippen LogP contribution is 2.39. The van der Waals surface area contributed by atoms with Crippen LogP contribution in [0.4, 0.5) is 10.5 Å². The highest BCUT2D eigenvalue weighted by molar-refractivity contribution is 5.76. The summed E-state index contributed by atoms with van der Waals surface area (Å²) in [5.41, 5.74) is 4.19. The second-order valence-corrected chi connectivity index (χ2v) is 13.5. The third kappa shape index (κ3) is 10.3. The van der Waals surface area contributed by atoms with Gasteiger partial charge in [0.2, 0.25) is 5.91 Å². The maximum Gasteiger partial charge on any atom is 0.407 e. The minimum atomic E-state index is -0.964. The molecule has 0 radical (unpaired) electrons. The predicted molar refractivity (Wildman–Crippen MR) is 187 cm³/mol. The number of carbonyl (C=O) groups excluding carboxylic acids is 1. The first-order valence-corrected chi connectivity index (χ1v) is 18.0. The molecule has 2 aromatic carbocycles. The molecule has 2 saturated heterocycles. The van der Waals surface area contributed by atoms with Crippen molar-refractivity contribution >= 4 is 17.7 Å². The molecule has 1 N–H and O–H groups in total. The van der Waals surface area contributed by atoms with E-state index >= 15 is 0 Å². The average Bonchev–Trinajstić information content (AvgIpc) is 3.66. The first-order valence-electron chi connectivity index (χ1n) is 18.0. The van der Waals surface area contributed by atoms with Gasteiger partial charge in [-0.2, -0.15) is 0 Å². The van der Waals surface area contributed by atoms with E-state index in [1.807, 2.05) is 30.9 Å². The van der Waals surface area contributed by atoms with E-state index in [9.17, 15) is 14.7 Å². The fourth-order valence-electron chi connectivity index (χ4n) is 7.36. The molecule has 0 unspecified atom stereocenters. The van der Waals surface area contributed by atoms with Gasteiger partial charge in [-0.3, -0.25) is 4.79 Å². The second kappa shape index (κ2) is 18.6. The Labute approximate surface area is 291 Å². The van der Waals surface area contributed by atoms with Crippen molar-refractivity contribution in [2.24, 2.45) is 5.92 Å². The molecule has 49 heavy (non-hydrogen) atoms. The minimum Gasteiger partial charge on any atom is -0.490 e. The van der Waals surface area contributed by atoms with E-state index in [4.69, 9.17) is 23.7 Å². The first-order chi connectivity index (χ1) is 23.9. The molecule has 2 amide bonds. The zero-order valence-electron chi connectivity index (χ0n) is 29.5. The van der Waals surface area contributed by atoms with Crippen LogP contribution in [0.5, 0.6) is 5.75 Å².